The highest BCUT2D eigenvalue weighted by molar-refractivity contribution is 5.84. The van der Waals surface area contributed by atoms with Crippen LogP contribution in [0.5, 0.6) is 0 Å². The fourth-order valence-electron chi connectivity index (χ4n) is 1.63. The number of nitrogens with two attached hydrogens (primary N) is 1. The number of nitrogens with zero attached hydrogens (tertiary/aromatic N) is 3. The van der Waals surface area contributed by atoms with Crippen LogP contribution in [-0.4, -0.2) is 32.9 Å². The fraction of sp³-hybridized carbons (Fsp3) is 0.545. The van der Waals surface area contributed by atoms with Gasteiger partial charge in [-0.15, -0.1) is 0 Å². The van der Waals surface area contributed by atoms with E-state index < -0.39 is 11.0 Å². The molecule has 0 aliphatic heterocycles. The summed E-state index contributed by atoms with van der Waals surface area (Å²) in [6, 6.07) is -0.740. The van der Waals surface area contributed by atoms with Crippen LogP contribution in [0.15, 0.2) is 0 Å². The van der Waals surface area contributed by atoms with E-state index in [4.69, 9.17) is 5.84 Å². The molecule has 10 heteroatoms. The molecule has 5 N–H and O–H groups in total. The van der Waals surface area contributed by atoms with Crippen LogP contribution in [0, 0.1) is 17.0 Å². The Balaban J connectivity index is 3.08. The summed E-state index contributed by atoms with van der Waals surface area (Å²) in [6.07, 6.45) is 0. The summed E-state index contributed by atoms with van der Waals surface area (Å²) in [4.78, 5) is 30.1. The number of nitro groups is 1. The number of aryl methyl sites for hydroxylation is 1. The van der Waals surface area contributed by atoms with Gasteiger partial charge < -0.3 is 10.6 Å². The standard InChI is InChI=1S/C11H19N7O3/c1-5(2)13-10(19)7(4)14-9-8(18(20)21)6(3)15-11(16-9)17-12/h5,7H,12H2,1-4H3,(H,13,19)(H2,14,15,16,17). The van der Waals surface area contributed by atoms with Gasteiger partial charge in [-0.05, 0) is 27.7 Å². The second-order valence-corrected chi connectivity index (χ2v) is 4.76. The Morgan fingerprint density at radius 3 is 2.43 bits per heavy atom. The Morgan fingerprint density at radius 2 is 1.95 bits per heavy atom. The van der Waals surface area contributed by atoms with E-state index in [2.05, 4.69) is 26.0 Å². The molecule has 0 saturated carbocycles. The van der Waals surface area contributed by atoms with Crippen LogP contribution in [0.3, 0.4) is 0 Å². The van der Waals surface area contributed by atoms with Gasteiger partial charge in [0.05, 0.1) is 4.92 Å². The Labute approximate surface area is 121 Å². The highest BCUT2D eigenvalue weighted by Crippen LogP contribution is 2.26. The van der Waals surface area contributed by atoms with Crippen LogP contribution in [0.25, 0.3) is 0 Å². The lowest BCUT2D eigenvalue weighted by Crippen LogP contribution is -2.41. The first-order chi connectivity index (χ1) is 9.76. The predicted molar refractivity (Wildman–Crippen MR) is 77.6 cm³/mol. The minimum absolute atomic E-state index is 0.0251. The van der Waals surface area contributed by atoms with Crippen molar-refractivity contribution in [1.29, 1.82) is 0 Å². The number of amides is 1. The highest BCUT2D eigenvalue weighted by atomic mass is 16.6. The van der Waals surface area contributed by atoms with Crippen LogP contribution < -0.4 is 21.9 Å². The van der Waals surface area contributed by atoms with Crippen LogP contribution in [0.1, 0.15) is 26.5 Å². The molecule has 1 heterocycles. The third-order valence-electron chi connectivity index (χ3n) is 2.55. The molecule has 1 atom stereocenters. The van der Waals surface area contributed by atoms with E-state index in [0.717, 1.165) is 0 Å². The molecule has 0 saturated heterocycles. The van der Waals surface area contributed by atoms with Crippen LogP contribution >= 0.6 is 0 Å². The van der Waals surface area contributed by atoms with Crippen molar-refractivity contribution in [2.24, 2.45) is 5.84 Å². The van der Waals surface area contributed by atoms with Gasteiger partial charge in [-0.3, -0.25) is 20.3 Å². The number of nitrogen functional groups attached to an aromatic ring is 1. The van der Waals surface area contributed by atoms with Crippen molar-refractivity contribution in [2.75, 3.05) is 10.7 Å². The van der Waals surface area contributed by atoms with Gasteiger partial charge in [0.1, 0.15) is 11.7 Å². The lowest BCUT2D eigenvalue weighted by Gasteiger charge is -2.17. The number of carbonyl (C=O) groups is 1. The summed E-state index contributed by atoms with van der Waals surface area (Å²) in [5.41, 5.74) is 2.07. The Morgan fingerprint density at radius 1 is 1.33 bits per heavy atom. The molecule has 0 bridgehead atoms. The molecule has 1 unspecified atom stereocenters. The summed E-state index contributed by atoms with van der Waals surface area (Å²) < 4.78 is 0. The van der Waals surface area contributed by atoms with Crippen LogP contribution in [0.2, 0.25) is 0 Å². The van der Waals surface area contributed by atoms with Gasteiger partial charge in [-0.25, -0.2) is 10.8 Å². The van der Waals surface area contributed by atoms with E-state index in [-0.39, 0.29) is 35.1 Å². The van der Waals surface area contributed by atoms with Gasteiger partial charge in [0, 0.05) is 6.04 Å². The zero-order chi connectivity index (χ0) is 16.2. The van der Waals surface area contributed by atoms with Gasteiger partial charge in [-0.1, -0.05) is 0 Å². The second kappa shape index (κ2) is 6.79. The summed E-state index contributed by atoms with van der Waals surface area (Å²) in [7, 11) is 0. The maximum absolute atomic E-state index is 11.9. The van der Waals surface area contributed by atoms with E-state index in [9.17, 15) is 14.9 Å². The van der Waals surface area contributed by atoms with E-state index in [1.807, 2.05) is 13.8 Å². The molecular formula is C11H19N7O3. The molecule has 1 aromatic heterocycles. The summed E-state index contributed by atoms with van der Waals surface area (Å²) >= 11 is 0. The largest absolute Gasteiger partial charge is 0.353 e. The topological polar surface area (TPSA) is 148 Å². The zero-order valence-electron chi connectivity index (χ0n) is 12.3. The highest BCUT2D eigenvalue weighted by Gasteiger charge is 2.25. The molecule has 0 radical (unpaired) electrons. The monoisotopic (exact) mass is 297 g/mol. The molecule has 0 fully saturated rings. The quantitative estimate of drug-likeness (QED) is 0.333. The van der Waals surface area contributed by atoms with Crippen LogP contribution in [-0.2, 0) is 4.79 Å². The number of hydrazine groups is 1. The zero-order valence-corrected chi connectivity index (χ0v) is 12.3. The van der Waals surface area contributed by atoms with E-state index in [1.165, 1.54) is 6.92 Å². The van der Waals surface area contributed by atoms with E-state index in [0.29, 0.717) is 0 Å². The van der Waals surface area contributed by atoms with Gasteiger partial charge in [0.2, 0.25) is 17.7 Å². The summed E-state index contributed by atoms with van der Waals surface area (Å²) in [5, 5.41) is 16.5. The lowest BCUT2D eigenvalue weighted by molar-refractivity contribution is -0.385. The molecule has 0 aliphatic carbocycles. The SMILES string of the molecule is Cc1nc(NN)nc(NC(C)C(=O)NC(C)C)c1[N+](=O)[O-]. The van der Waals surface area contributed by atoms with Crippen molar-refractivity contribution in [2.45, 2.75) is 39.8 Å². The first-order valence-corrected chi connectivity index (χ1v) is 6.32. The number of hydrogen-bond acceptors (Lipinski definition) is 8. The number of carbonyl (C=O) groups excluding carboxylic acids is 1. The van der Waals surface area contributed by atoms with Crippen LogP contribution in [0.4, 0.5) is 17.5 Å². The molecule has 1 rings (SSSR count). The molecular weight excluding hydrogens is 278 g/mol. The van der Waals surface area contributed by atoms with Crippen molar-refractivity contribution in [3.05, 3.63) is 15.8 Å². The molecule has 116 valence electrons. The number of hydrogen-bond donors (Lipinski definition) is 4. The molecule has 0 spiro atoms. The maximum Gasteiger partial charge on any atom is 0.332 e. The van der Waals surface area contributed by atoms with Gasteiger partial charge in [-0.2, -0.15) is 4.98 Å². The number of anilines is 2. The lowest BCUT2D eigenvalue weighted by atomic mass is 10.2. The molecule has 21 heavy (non-hydrogen) atoms. The van der Waals surface area contributed by atoms with Crippen molar-refractivity contribution in [3.63, 3.8) is 0 Å². The van der Waals surface area contributed by atoms with Gasteiger partial charge in [0.15, 0.2) is 0 Å². The average Bonchev–Trinajstić information content (AvgIpc) is 2.36. The molecule has 1 aromatic rings. The summed E-state index contributed by atoms with van der Waals surface area (Å²) in [6.45, 7) is 6.68. The number of aromatic nitrogens is 2. The summed E-state index contributed by atoms with van der Waals surface area (Å²) in [5.74, 6) is 4.89. The Hall–Kier alpha value is -2.49. The van der Waals surface area contributed by atoms with E-state index in [1.54, 1.807) is 6.92 Å². The van der Waals surface area contributed by atoms with Gasteiger partial charge >= 0.3 is 5.69 Å². The normalized spacial score (nSPS) is 11.9. The minimum atomic E-state index is -0.703. The molecule has 0 aliphatic rings. The van der Waals surface area contributed by atoms with Gasteiger partial charge in [0.25, 0.3) is 0 Å². The fourth-order valence-corrected chi connectivity index (χ4v) is 1.63. The first-order valence-electron chi connectivity index (χ1n) is 6.32. The number of nitrogens with one attached hydrogen (secondary N) is 3. The Kier molecular flexibility index (Phi) is 5.36. The van der Waals surface area contributed by atoms with Crippen molar-refractivity contribution in [3.8, 4) is 0 Å². The average molecular weight is 297 g/mol. The van der Waals surface area contributed by atoms with Crippen molar-refractivity contribution in [1.82, 2.24) is 15.3 Å². The molecule has 10 nitrogen and oxygen atoms in total. The maximum atomic E-state index is 11.9. The minimum Gasteiger partial charge on any atom is -0.353 e. The van der Waals surface area contributed by atoms with Crippen molar-refractivity contribution < 1.29 is 9.72 Å². The smallest absolute Gasteiger partial charge is 0.332 e. The first kappa shape index (κ1) is 16.6. The second-order valence-electron chi connectivity index (χ2n) is 4.76. The molecule has 0 aromatic carbocycles. The van der Waals surface area contributed by atoms with E-state index >= 15 is 0 Å². The Bertz CT molecular complexity index is 547. The third kappa shape index (κ3) is 4.24. The van der Waals surface area contributed by atoms with Crippen molar-refractivity contribution >= 4 is 23.4 Å². The predicted octanol–water partition coefficient (Wildman–Crippen LogP) is 0.304. The number of rotatable bonds is 6. The third-order valence-corrected chi connectivity index (χ3v) is 2.55. The molecule has 1 amide bonds.